The molecule has 0 bridgehead atoms. The van der Waals surface area contributed by atoms with Crippen molar-refractivity contribution in [3.63, 3.8) is 0 Å². The van der Waals surface area contributed by atoms with Gasteiger partial charge in [-0.05, 0) is 53.9 Å². The van der Waals surface area contributed by atoms with Crippen LogP contribution in [0.15, 0.2) is 0 Å². The Hall–Kier alpha value is -0.0800. The molecule has 1 atom stereocenters. The Bertz CT molecular complexity index is 195. The van der Waals surface area contributed by atoms with Crippen LogP contribution in [0.25, 0.3) is 0 Å². The molecule has 1 heterocycles. The van der Waals surface area contributed by atoms with Crippen LogP contribution in [0.1, 0.15) is 60.8 Å². The second-order valence-corrected chi connectivity index (χ2v) is 6.28. The third-order valence-electron chi connectivity index (χ3n) is 3.15. The van der Waals surface area contributed by atoms with E-state index in [4.69, 9.17) is 4.74 Å². The Labute approximate surface area is 94.8 Å². The first-order chi connectivity index (χ1) is 6.74. The van der Waals surface area contributed by atoms with Crippen LogP contribution in [0.3, 0.4) is 0 Å². The topological polar surface area (TPSA) is 21.3 Å². The highest BCUT2D eigenvalue weighted by atomic mass is 16.5. The highest BCUT2D eigenvalue weighted by molar-refractivity contribution is 4.97. The summed E-state index contributed by atoms with van der Waals surface area (Å²) in [7, 11) is 0. The van der Waals surface area contributed by atoms with E-state index in [1.165, 1.54) is 0 Å². The van der Waals surface area contributed by atoms with Crippen LogP contribution in [0, 0.1) is 0 Å². The molecule has 1 rings (SSSR count). The van der Waals surface area contributed by atoms with E-state index in [-0.39, 0.29) is 11.1 Å². The van der Waals surface area contributed by atoms with E-state index >= 15 is 0 Å². The van der Waals surface area contributed by atoms with Crippen LogP contribution in [0.4, 0.5) is 0 Å². The summed E-state index contributed by atoms with van der Waals surface area (Å²) >= 11 is 0. The van der Waals surface area contributed by atoms with Gasteiger partial charge in [0.15, 0.2) is 0 Å². The second-order valence-electron chi connectivity index (χ2n) is 6.28. The molecule has 0 amide bonds. The average Bonchev–Trinajstić information content (AvgIpc) is 1.97. The zero-order valence-corrected chi connectivity index (χ0v) is 11.2. The summed E-state index contributed by atoms with van der Waals surface area (Å²) in [6.07, 6.45) is 4.12. The molecule has 1 aliphatic heterocycles. The van der Waals surface area contributed by atoms with Crippen molar-refractivity contribution in [3.05, 3.63) is 0 Å². The molecule has 0 saturated carbocycles. The quantitative estimate of drug-likeness (QED) is 0.778. The average molecular weight is 213 g/mol. The molecule has 15 heavy (non-hydrogen) atoms. The summed E-state index contributed by atoms with van der Waals surface area (Å²) in [5.74, 6) is 0. The molecule has 1 aliphatic rings. The second kappa shape index (κ2) is 4.42. The number of piperidine rings is 1. The van der Waals surface area contributed by atoms with E-state index in [0.717, 1.165) is 19.3 Å². The largest absolute Gasteiger partial charge is 0.375 e. The Morgan fingerprint density at radius 1 is 1.20 bits per heavy atom. The van der Waals surface area contributed by atoms with Gasteiger partial charge in [-0.2, -0.15) is 0 Å². The summed E-state index contributed by atoms with van der Waals surface area (Å²) in [5.41, 5.74) is 0.389. The van der Waals surface area contributed by atoms with Crippen molar-refractivity contribution < 1.29 is 4.74 Å². The van der Waals surface area contributed by atoms with Gasteiger partial charge in [-0.25, -0.2) is 0 Å². The van der Waals surface area contributed by atoms with Crippen molar-refractivity contribution >= 4 is 0 Å². The third-order valence-corrected chi connectivity index (χ3v) is 3.15. The van der Waals surface area contributed by atoms with E-state index in [0.29, 0.717) is 12.2 Å². The van der Waals surface area contributed by atoms with Gasteiger partial charge in [0.05, 0.1) is 12.2 Å². The summed E-state index contributed by atoms with van der Waals surface area (Å²) in [4.78, 5) is 0. The zero-order chi connectivity index (χ0) is 11.7. The van der Waals surface area contributed by atoms with E-state index in [9.17, 15) is 0 Å². The monoisotopic (exact) mass is 213 g/mol. The molecule has 0 spiro atoms. The molecule has 1 unspecified atom stereocenters. The molecule has 1 saturated heterocycles. The SMILES string of the molecule is CCC(C)OC1CC(C)(C)NC(C)(C)C1. The maximum Gasteiger partial charge on any atom is 0.0613 e. The maximum absolute atomic E-state index is 6.07. The predicted molar refractivity (Wildman–Crippen MR) is 65.2 cm³/mol. The fraction of sp³-hybridized carbons (Fsp3) is 1.00. The first-order valence-electron chi connectivity index (χ1n) is 6.19. The molecule has 2 heteroatoms. The number of hydrogen-bond donors (Lipinski definition) is 1. The molecule has 0 radical (unpaired) electrons. The molecule has 1 N–H and O–H groups in total. The van der Waals surface area contributed by atoms with E-state index in [1.807, 2.05) is 0 Å². The number of hydrogen-bond acceptors (Lipinski definition) is 2. The predicted octanol–water partition coefficient (Wildman–Crippen LogP) is 3.11. The summed E-state index contributed by atoms with van der Waals surface area (Å²) < 4.78 is 6.07. The minimum absolute atomic E-state index is 0.194. The molecule has 0 aliphatic carbocycles. The lowest BCUT2D eigenvalue weighted by Crippen LogP contribution is -2.59. The fourth-order valence-electron chi connectivity index (χ4n) is 2.75. The Balaban J connectivity index is 2.59. The molecule has 90 valence electrons. The lowest BCUT2D eigenvalue weighted by atomic mass is 9.81. The van der Waals surface area contributed by atoms with Crippen molar-refractivity contribution in [3.8, 4) is 0 Å². The van der Waals surface area contributed by atoms with Crippen LogP contribution in [0.2, 0.25) is 0 Å². The highest BCUT2D eigenvalue weighted by Crippen LogP contribution is 2.31. The smallest absolute Gasteiger partial charge is 0.0613 e. The van der Waals surface area contributed by atoms with Gasteiger partial charge in [0.2, 0.25) is 0 Å². The minimum Gasteiger partial charge on any atom is -0.375 e. The van der Waals surface area contributed by atoms with Gasteiger partial charge in [0.1, 0.15) is 0 Å². The Morgan fingerprint density at radius 3 is 2.07 bits per heavy atom. The standard InChI is InChI=1S/C13H27NO/c1-7-10(2)15-11-8-12(3,4)14-13(5,6)9-11/h10-11,14H,7-9H2,1-6H3. The van der Waals surface area contributed by atoms with Gasteiger partial charge < -0.3 is 10.1 Å². The number of nitrogens with one attached hydrogen (secondary N) is 1. The lowest BCUT2D eigenvalue weighted by Gasteiger charge is -2.46. The van der Waals surface area contributed by atoms with Gasteiger partial charge >= 0.3 is 0 Å². The van der Waals surface area contributed by atoms with Crippen molar-refractivity contribution in [2.24, 2.45) is 0 Å². The van der Waals surface area contributed by atoms with E-state index in [1.54, 1.807) is 0 Å². The van der Waals surface area contributed by atoms with Crippen LogP contribution >= 0.6 is 0 Å². The fourth-order valence-corrected chi connectivity index (χ4v) is 2.75. The number of rotatable bonds is 3. The van der Waals surface area contributed by atoms with Gasteiger partial charge in [-0.1, -0.05) is 6.92 Å². The van der Waals surface area contributed by atoms with E-state index < -0.39 is 0 Å². The van der Waals surface area contributed by atoms with Crippen LogP contribution in [-0.4, -0.2) is 23.3 Å². The third kappa shape index (κ3) is 4.12. The normalized spacial score (nSPS) is 27.6. The van der Waals surface area contributed by atoms with Gasteiger partial charge in [-0.3, -0.25) is 0 Å². The summed E-state index contributed by atoms with van der Waals surface area (Å²) in [6, 6.07) is 0. The zero-order valence-electron chi connectivity index (χ0n) is 11.2. The van der Waals surface area contributed by atoms with Crippen LogP contribution in [0.5, 0.6) is 0 Å². The minimum atomic E-state index is 0.194. The first kappa shape index (κ1) is 13.0. The van der Waals surface area contributed by atoms with Gasteiger partial charge in [0.25, 0.3) is 0 Å². The van der Waals surface area contributed by atoms with Gasteiger partial charge in [-0.15, -0.1) is 0 Å². The molecule has 0 aromatic rings. The molecule has 0 aromatic carbocycles. The van der Waals surface area contributed by atoms with Crippen molar-refractivity contribution in [1.29, 1.82) is 0 Å². The van der Waals surface area contributed by atoms with Crippen molar-refractivity contribution in [2.75, 3.05) is 0 Å². The summed E-state index contributed by atoms with van der Waals surface area (Å²) in [5, 5.41) is 3.67. The Kier molecular flexibility index (Phi) is 3.83. The number of ether oxygens (including phenoxy) is 1. The first-order valence-corrected chi connectivity index (χ1v) is 6.19. The Morgan fingerprint density at radius 2 is 1.67 bits per heavy atom. The lowest BCUT2D eigenvalue weighted by molar-refractivity contribution is -0.0580. The molecule has 1 fully saturated rings. The van der Waals surface area contributed by atoms with Crippen molar-refractivity contribution in [1.82, 2.24) is 5.32 Å². The van der Waals surface area contributed by atoms with Crippen LogP contribution in [-0.2, 0) is 4.74 Å². The van der Waals surface area contributed by atoms with E-state index in [2.05, 4.69) is 46.9 Å². The molecule has 0 aromatic heterocycles. The van der Waals surface area contributed by atoms with Gasteiger partial charge in [0, 0.05) is 11.1 Å². The van der Waals surface area contributed by atoms with Crippen molar-refractivity contribution in [2.45, 2.75) is 84.1 Å². The molecular formula is C13H27NO. The highest BCUT2D eigenvalue weighted by Gasteiger charge is 2.38. The maximum atomic E-state index is 6.07. The van der Waals surface area contributed by atoms with Crippen LogP contribution < -0.4 is 5.32 Å². The molecular weight excluding hydrogens is 186 g/mol. The summed E-state index contributed by atoms with van der Waals surface area (Å²) in [6.45, 7) is 13.4. The molecule has 2 nitrogen and oxygen atoms in total.